The standard InChI is InChI=1S/C11H14FNO.ClH/c12-9-3-5-11(6-4-9)14-8-10-2-1-7-13-10;/h3-6,10,13H,1-2,7-8H2;1H/p-1. The summed E-state index contributed by atoms with van der Waals surface area (Å²) in [6, 6.07) is 6.60. The fourth-order valence-corrected chi connectivity index (χ4v) is 1.63. The van der Waals surface area contributed by atoms with Crippen molar-refractivity contribution in [2.75, 3.05) is 13.2 Å². The predicted octanol–water partition coefficient (Wildman–Crippen LogP) is -1.04. The zero-order valence-corrected chi connectivity index (χ0v) is 9.14. The van der Waals surface area contributed by atoms with Crippen LogP contribution in [0.4, 0.5) is 4.39 Å². The smallest absolute Gasteiger partial charge is 0.123 e. The Morgan fingerprint density at radius 3 is 2.67 bits per heavy atom. The summed E-state index contributed by atoms with van der Waals surface area (Å²) in [5, 5.41) is 3.34. The minimum Gasteiger partial charge on any atom is -1.00 e. The third kappa shape index (κ3) is 3.68. The number of ether oxygens (including phenoxy) is 1. The van der Waals surface area contributed by atoms with Gasteiger partial charge >= 0.3 is 0 Å². The highest BCUT2D eigenvalue weighted by Gasteiger charge is 2.14. The lowest BCUT2D eigenvalue weighted by molar-refractivity contribution is -0.00000388. The first-order valence-electron chi connectivity index (χ1n) is 4.96. The van der Waals surface area contributed by atoms with E-state index in [4.69, 9.17) is 4.74 Å². The largest absolute Gasteiger partial charge is 1.00 e. The van der Waals surface area contributed by atoms with E-state index in [1.807, 2.05) is 0 Å². The summed E-state index contributed by atoms with van der Waals surface area (Å²) in [4.78, 5) is 0. The molecule has 0 aliphatic carbocycles. The maximum absolute atomic E-state index is 12.6. The number of hydrogen-bond acceptors (Lipinski definition) is 2. The average molecular weight is 231 g/mol. The van der Waals surface area contributed by atoms with Gasteiger partial charge in [-0.15, -0.1) is 0 Å². The maximum atomic E-state index is 12.6. The van der Waals surface area contributed by atoms with E-state index in [1.165, 1.54) is 25.0 Å². The average Bonchev–Trinajstić information content (AvgIpc) is 2.70. The van der Waals surface area contributed by atoms with Gasteiger partial charge in [-0.3, -0.25) is 0 Å². The topological polar surface area (TPSA) is 21.3 Å². The molecule has 1 aromatic carbocycles. The van der Waals surface area contributed by atoms with Crippen molar-refractivity contribution in [2.45, 2.75) is 18.9 Å². The van der Waals surface area contributed by atoms with Gasteiger partial charge in [-0.25, -0.2) is 4.39 Å². The Morgan fingerprint density at radius 2 is 2.07 bits per heavy atom. The molecule has 2 rings (SSSR count). The van der Waals surface area contributed by atoms with E-state index >= 15 is 0 Å². The first kappa shape index (κ1) is 12.3. The predicted molar refractivity (Wildman–Crippen MR) is 52.9 cm³/mol. The van der Waals surface area contributed by atoms with Crippen molar-refractivity contribution in [3.8, 4) is 5.75 Å². The van der Waals surface area contributed by atoms with Crippen LogP contribution >= 0.6 is 0 Å². The highest BCUT2D eigenvalue weighted by molar-refractivity contribution is 5.22. The fourth-order valence-electron chi connectivity index (χ4n) is 1.63. The van der Waals surface area contributed by atoms with Crippen LogP contribution in [0.5, 0.6) is 5.75 Å². The van der Waals surface area contributed by atoms with Gasteiger partial charge < -0.3 is 22.5 Å². The molecule has 1 aromatic rings. The van der Waals surface area contributed by atoms with Gasteiger partial charge in [0.25, 0.3) is 0 Å². The minimum absolute atomic E-state index is 0. The fraction of sp³-hybridized carbons (Fsp3) is 0.455. The lowest BCUT2D eigenvalue weighted by Gasteiger charge is -2.11. The highest BCUT2D eigenvalue weighted by atomic mass is 35.5. The minimum atomic E-state index is -0.226. The number of halogens is 2. The van der Waals surface area contributed by atoms with E-state index in [1.54, 1.807) is 12.1 Å². The number of nitrogens with one attached hydrogen (secondary N) is 1. The molecule has 1 saturated heterocycles. The summed E-state index contributed by atoms with van der Waals surface area (Å²) < 4.78 is 18.1. The lowest BCUT2D eigenvalue weighted by atomic mass is 10.2. The number of rotatable bonds is 3. The second kappa shape index (κ2) is 5.93. The van der Waals surface area contributed by atoms with Crippen molar-refractivity contribution in [1.29, 1.82) is 0 Å². The zero-order chi connectivity index (χ0) is 9.80. The van der Waals surface area contributed by atoms with Crippen molar-refractivity contribution < 1.29 is 21.5 Å². The van der Waals surface area contributed by atoms with Gasteiger partial charge in [0.05, 0.1) is 0 Å². The molecule has 84 valence electrons. The van der Waals surface area contributed by atoms with Gasteiger partial charge in [-0.1, -0.05) is 0 Å². The summed E-state index contributed by atoms with van der Waals surface area (Å²) in [5.41, 5.74) is 0. The van der Waals surface area contributed by atoms with E-state index < -0.39 is 0 Å². The van der Waals surface area contributed by atoms with E-state index in [0.29, 0.717) is 12.6 Å². The Balaban J connectivity index is 0.00000112. The molecular weight excluding hydrogens is 217 g/mol. The Morgan fingerprint density at radius 1 is 1.33 bits per heavy atom. The Bertz CT molecular complexity index is 285. The van der Waals surface area contributed by atoms with Gasteiger partial charge in [-0.2, -0.15) is 0 Å². The van der Waals surface area contributed by atoms with Crippen molar-refractivity contribution in [3.63, 3.8) is 0 Å². The molecule has 0 bridgehead atoms. The van der Waals surface area contributed by atoms with Crippen molar-refractivity contribution in [3.05, 3.63) is 30.1 Å². The van der Waals surface area contributed by atoms with E-state index in [2.05, 4.69) is 5.32 Å². The van der Waals surface area contributed by atoms with Crippen LogP contribution in [0.2, 0.25) is 0 Å². The van der Waals surface area contributed by atoms with Crippen LogP contribution < -0.4 is 22.5 Å². The molecule has 0 saturated carbocycles. The van der Waals surface area contributed by atoms with Crippen LogP contribution in [0.1, 0.15) is 12.8 Å². The van der Waals surface area contributed by atoms with E-state index in [9.17, 15) is 4.39 Å². The molecule has 1 aliphatic rings. The normalized spacial score (nSPS) is 19.7. The van der Waals surface area contributed by atoms with Gasteiger partial charge in [0.1, 0.15) is 18.2 Å². The Kier molecular flexibility index (Phi) is 4.85. The number of benzene rings is 1. The van der Waals surface area contributed by atoms with Gasteiger partial charge in [-0.05, 0) is 43.7 Å². The lowest BCUT2D eigenvalue weighted by Crippen LogP contribution is -3.00. The molecule has 0 amide bonds. The van der Waals surface area contributed by atoms with Crippen LogP contribution in [0, 0.1) is 5.82 Å². The summed E-state index contributed by atoms with van der Waals surface area (Å²) >= 11 is 0. The van der Waals surface area contributed by atoms with Crippen LogP contribution in [0.15, 0.2) is 24.3 Å². The van der Waals surface area contributed by atoms with E-state index in [0.717, 1.165) is 12.3 Å². The SMILES string of the molecule is Fc1ccc(OCC2CCCN2)cc1.[Cl-]. The van der Waals surface area contributed by atoms with Crippen molar-refractivity contribution in [2.24, 2.45) is 0 Å². The molecule has 4 heteroatoms. The molecule has 1 heterocycles. The number of hydrogen-bond donors (Lipinski definition) is 1. The first-order chi connectivity index (χ1) is 6.84. The summed E-state index contributed by atoms with van der Waals surface area (Å²) in [6.07, 6.45) is 2.39. The molecule has 1 fully saturated rings. The summed E-state index contributed by atoms with van der Waals surface area (Å²) in [7, 11) is 0. The molecule has 2 nitrogen and oxygen atoms in total. The monoisotopic (exact) mass is 230 g/mol. The molecule has 0 radical (unpaired) electrons. The molecule has 1 atom stereocenters. The molecule has 15 heavy (non-hydrogen) atoms. The van der Waals surface area contributed by atoms with Crippen molar-refractivity contribution in [1.82, 2.24) is 5.32 Å². The second-order valence-corrected chi connectivity index (χ2v) is 3.56. The third-order valence-corrected chi connectivity index (χ3v) is 2.43. The van der Waals surface area contributed by atoms with E-state index in [-0.39, 0.29) is 18.2 Å². The molecule has 1 aliphatic heterocycles. The van der Waals surface area contributed by atoms with Gasteiger partial charge in [0, 0.05) is 6.04 Å². The maximum Gasteiger partial charge on any atom is 0.123 e. The summed E-state index contributed by atoms with van der Waals surface area (Å²) in [6.45, 7) is 1.75. The first-order valence-corrected chi connectivity index (χ1v) is 4.96. The molecule has 1 unspecified atom stereocenters. The molecule has 0 spiro atoms. The second-order valence-electron chi connectivity index (χ2n) is 3.56. The summed E-state index contributed by atoms with van der Waals surface area (Å²) in [5.74, 6) is 0.511. The van der Waals surface area contributed by atoms with Crippen LogP contribution in [0.3, 0.4) is 0 Å². The van der Waals surface area contributed by atoms with Crippen LogP contribution in [0.25, 0.3) is 0 Å². The van der Waals surface area contributed by atoms with Gasteiger partial charge in [0.2, 0.25) is 0 Å². The highest BCUT2D eigenvalue weighted by Crippen LogP contribution is 2.13. The third-order valence-electron chi connectivity index (χ3n) is 2.43. The molecular formula is C11H14ClFNO-. The zero-order valence-electron chi connectivity index (χ0n) is 8.38. The van der Waals surface area contributed by atoms with Crippen LogP contribution in [-0.2, 0) is 0 Å². The van der Waals surface area contributed by atoms with Gasteiger partial charge in [0.15, 0.2) is 0 Å². The van der Waals surface area contributed by atoms with Crippen LogP contribution in [-0.4, -0.2) is 19.2 Å². The molecule has 1 N–H and O–H groups in total. The quantitative estimate of drug-likeness (QED) is 0.717. The van der Waals surface area contributed by atoms with Crippen molar-refractivity contribution >= 4 is 0 Å². The molecule has 0 aromatic heterocycles. The Labute approximate surface area is 95.2 Å². The Hall–Kier alpha value is -0.800.